The number of nitrogen functional groups attached to an aromatic ring is 1. The highest BCUT2D eigenvalue weighted by Gasteiger charge is 2.33. The molecule has 2 aromatic rings. The van der Waals surface area contributed by atoms with Gasteiger partial charge in [0.05, 0.1) is 10.5 Å². The van der Waals surface area contributed by atoms with Crippen molar-refractivity contribution in [1.29, 1.82) is 0 Å². The minimum atomic E-state index is -4.68. The molecule has 2 rings (SSSR count). The van der Waals surface area contributed by atoms with Gasteiger partial charge in [0, 0.05) is 12.1 Å². The fraction of sp³-hybridized carbons (Fsp3) is 0.0833. The number of anilines is 1. The third kappa shape index (κ3) is 3.38. The molecule has 2 N–H and O–H groups in total. The number of nitrogens with two attached hydrogens (primary N) is 1. The first-order chi connectivity index (χ1) is 9.77. The highest BCUT2D eigenvalue weighted by atomic mass is 19.4. The van der Waals surface area contributed by atoms with Gasteiger partial charge in [0.25, 0.3) is 0 Å². The molecule has 0 spiro atoms. The van der Waals surface area contributed by atoms with Crippen LogP contribution in [0.1, 0.15) is 5.56 Å². The first-order valence-corrected chi connectivity index (χ1v) is 5.53. The van der Waals surface area contributed by atoms with Crippen molar-refractivity contribution in [2.45, 2.75) is 6.18 Å². The number of alkyl halides is 3. The summed E-state index contributed by atoms with van der Waals surface area (Å²) in [6.07, 6.45) is -4.68. The number of hydrogen-bond donors (Lipinski definition) is 1. The molecule has 0 saturated heterocycles. The van der Waals surface area contributed by atoms with Gasteiger partial charge in [0.1, 0.15) is 5.82 Å². The van der Waals surface area contributed by atoms with Crippen LogP contribution in [0.5, 0.6) is 11.6 Å². The molecule has 0 aliphatic heterocycles. The van der Waals surface area contributed by atoms with Crippen LogP contribution >= 0.6 is 0 Å². The summed E-state index contributed by atoms with van der Waals surface area (Å²) >= 11 is 0. The van der Waals surface area contributed by atoms with Crippen LogP contribution in [-0.4, -0.2) is 9.91 Å². The Labute approximate surface area is 116 Å². The molecule has 0 aliphatic carbocycles. The number of nitro benzene ring substituents is 1. The number of nitrogens with zero attached hydrogens (tertiary/aromatic N) is 2. The summed E-state index contributed by atoms with van der Waals surface area (Å²) in [5.74, 6) is -0.300. The lowest BCUT2D eigenvalue weighted by molar-refractivity contribution is -0.385. The van der Waals surface area contributed by atoms with Crippen LogP contribution in [0.25, 0.3) is 0 Å². The van der Waals surface area contributed by atoms with E-state index >= 15 is 0 Å². The van der Waals surface area contributed by atoms with Crippen LogP contribution in [0, 0.1) is 10.1 Å². The lowest BCUT2D eigenvalue weighted by Crippen LogP contribution is -2.06. The van der Waals surface area contributed by atoms with Gasteiger partial charge < -0.3 is 10.5 Å². The van der Waals surface area contributed by atoms with Gasteiger partial charge in [-0.1, -0.05) is 6.07 Å². The van der Waals surface area contributed by atoms with E-state index in [4.69, 9.17) is 10.5 Å². The van der Waals surface area contributed by atoms with Crippen molar-refractivity contribution in [2.75, 3.05) is 5.73 Å². The van der Waals surface area contributed by atoms with Gasteiger partial charge in [-0.15, -0.1) is 0 Å². The summed E-state index contributed by atoms with van der Waals surface area (Å²) in [6, 6.07) is 6.29. The van der Waals surface area contributed by atoms with Crippen LogP contribution in [0.4, 0.5) is 24.7 Å². The number of benzene rings is 1. The molecule has 0 atom stereocenters. The molecule has 110 valence electrons. The Kier molecular flexibility index (Phi) is 3.66. The number of nitro groups is 1. The Morgan fingerprint density at radius 1 is 1.24 bits per heavy atom. The summed E-state index contributed by atoms with van der Waals surface area (Å²) in [4.78, 5) is 13.7. The van der Waals surface area contributed by atoms with Crippen molar-refractivity contribution in [3.63, 3.8) is 0 Å². The molecular weight excluding hydrogens is 291 g/mol. The van der Waals surface area contributed by atoms with Gasteiger partial charge in [-0.25, -0.2) is 0 Å². The molecule has 0 radical (unpaired) electrons. The quantitative estimate of drug-likeness (QED) is 0.693. The summed E-state index contributed by atoms with van der Waals surface area (Å²) in [5, 5.41) is 10.9. The van der Waals surface area contributed by atoms with Crippen LogP contribution < -0.4 is 10.5 Å². The van der Waals surface area contributed by atoms with Crippen LogP contribution in [-0.2, 0) is 6.18 Å². The second-order valence-electron chi connectivity index (χ2n) is 3.94. The Balaban J connectivity index is 2.42. The molecule has 0 aliphatic rings. The van der Waals surface area contributed by atoms with E-state index in [-0.39, 0.29) is 17.4 Å². The Morgan fingerprint density at radius 3 is 2.52 bits per heavy atom. The lowest BCUT2D eigenvalue weighted by Gasteiger charge is -2.09. The molecule has 0 unspecified atom stereocenters. The number of hydrogen-bond acceptors (Lipinski definition) is 5. The van der Waals surface area contributed by atoms with Crippen molar-refractivity contribution in [1.82, 2.24) is 4.98 Å². The van der Waals surface area contributed by atoms with Gasteiger partial charge >= 0.3 is 11.9 Å². The molecule has 0 amide bonds. The first kappa shape index (κ1) is 14.6. The highest BCUT2D eigenvalue weighted by Crippen LogP contribution is 2.37. The number of aromatic nitrogens is 1. The topological polar surface area (TPSA) is 91.3 Å². The fourth-order valence-corrected chi connectivity index (χ4v) is 1.52. The SMILES string of the molecule is Nc1cccc(Oc2ccc(C(F)(F)F)cc2[N+](=O)[O-])n1. The van der Waals surface area contributed by atoms with Crippen molar-refractivity contribution >= 4 is 11.5 Å². The predicted molar refractivity (Wildman–Crippen MR) is 66.8 cm³/mol. The third-order valence-corrected chi connectivity index (χ3v) is 2.44. The second kappa shape index (κ2) is 5.27. The summed E-state index contributed by atoms with van der Waals surface area (Å²) in [6.45, 7) is 0. The summed E-state index contributed by atoms with van der Waals surface area (Å²) in [7, 11) is 0. The van der Waals surface area contributed by atoms with Crippen LogP contribution in [0.2, 0.25) is 0 Å². The Hall–Kier alpha value is -2.84. The molecule has 9 heteroatoms. The zero-order valence-electron chi connectivity index (χ0n) is 10.3. The van der Waals surface area contributed by atoms with Gasteiger partial charge in [0.2, 0.25) is 11.6 Å². The zero-order valence-corrected chi connectivity index (χ0v) is 10.3. The molecule has 0 fully saturated rings. The van der Waals surface area contributed by atoms with E-state index in [1.807, 2.05) is 0 Å². The van der Waals surface area contributed by atoms with E-state index in [0.29, 0.717) is 12.1 Å². The maximum Gasteiger partial charge on any atom is 0.416 e. The molecular formula is C12H8F3N3O3. The highest BCUT2D eigenvalue weighted by molar-refractivity contribution is 5.51. The number of ether oxygens (including phenoxy) is 1. The zero-order chi connectivity index (χ0) is 15.6. The van der Waals surface area contributed by atoms with E-state index in [1.165, 1.54) is 18.2 Å². The average Bonchev–Trinajstić information content (AvgIpc) is 2.37. The largest absolute Gasteiger partial charge is 0.432 e. The van der Waals surface area contributed by atoms with E-state index < -0.39 is 22.4 Å². The fourth-order valence-electron chi connectivity index (χ4n) is 1.52. The van der Waals surface area contributed by atoms with Crippen molar-refractivity contribution in [3.05, 3.63) is 52.1 Å². The number of rotatable bonds is 3. The Bertz CT molecular complexity index is 689. The van der Waals surface area contributed by atoms with E-state index in [9.17, 15) is 23.3 Å². The molecule has 0 saturated carbocycles. The van der Waals surface area contributed by atoms with Gasteiger partial charge in [-0.05, 0) is 18.2 Å². The summed E-state index contributed by atoms with van der Waals surface area (Å²) in [5.41, 5.74) is 3.47. The van der Waals surface area contributed by atoms with Crippen LogP contribution in [0.3, 0.4) is 0 Å². The minimum absolute atomic E-state index is 0.0575. The van der Waals surface area contributed by atoms with Crippen molar-refractivity contribution < 1.29 is 22.8 Å². The molecule has 1 aromatic heterocycles. The monoisotopic (exact) mass is 299 g/mol. The standard InChI is InChI=1S/C12H8F3N3O3/c13-12(14,15)7-4-5-9(8(6-7)18(19)20)21-11-3-1-2-10(16)17-11/h1-6H,(H2,16,17). The number of pyridine rings is 1. The predicted octanol–water partition coefficient (Wildman–Crippen LogP) is 3.38. The molecule has 1 aromatic carbocycles. The summed E-state index contributed by atoms with van der Waals surface area (Å²) < 4.78 is 42.8. The lowest BCUT2D eigenvalue weighted by atomic mass is 10.2. The maximum absolute atomic E-state index is 12.6. The molecule has 1 heterocycles. The average molecular weight is 299 g/mol. The normalized spacial score (nSPS) is 11.2. The van der Waals surface area contributed by atoms with E-state index in [1.54, 1.807) is 0 Å². The maximum atomic E-state index is 12.6. The Morgan fingerprint density at radius 2 is 1.95 bits per heavy atom. The third-order valence-electron chi connectivity index (χ3n) is 2.44. The van der Waals surface area contributed by atoms with Gasteiger partial charge in [-0.3, -0.25) is 10.1 Å². The molecule has 0 bridgehead atoms. The van der Waals surface area contributed by atoms with E-state index in [2.05, 4.69) is 4.98 Å². The van der Waals surface area contributed by atoms with Crippen molar-refractivity contribution in [2.24, 2.45) is 0 Å². The molecule has 6 nitrogen and oxygen atoms in total. The second-order valence-corrected chi connectivity index (χ2v) is 3.94. The smallest absolute Gasteiger partial charge is 0.416 e. The van der Waals surface area contributed by atoms with Gasteiger partial charge in [-0.2, -0.15) is 18.2 Å². The van der Waals surface area contributed by atoms with Crippen molar-refractivity contribution in [3.8, 4) is 11.6 Å². The minimum Gasteiger partial charge on any atom is -0.432 e. The first-order valence-electron chi connectivity index (χ1n) is 5.53. The van der Waals surface area contributed by atoms with Gasteiger partial charge in [0.15, 0.2) is 0 Å². The van der Waals surface area contributed by atoms with E-state index in [0.717, 1.165) is 6.07 Å². The van der Waals surface area contributed by atoms with Crippen LogP contribution in [0.15, 0.2) is 36.4 Å². The number of halogens is 3. The molecule has 21 heavy (non-hydrogen) atoms.